The smallest absolute Gasteiger partial charge is 0.407 e. The molecule has 0 radical (unpaired) electrons. The predicted octanol–water partition coefficient (Wildman–Crippen LogP) is 3.45. The minimum absolute atomic E-state index is 0.0791. The van der Waals surface area contributed by atoms with Gasteiger partial charge in [-0.2, -0.15) is 13.2 Å². The lowest BCUT2D eigenvalue weighted by atomic mass is 9.98. The van der Waals surface area contributed by atoms with Gasteiger partial charge >= 0.3 is 18.2 Å². The fourth-order valence-electron chi connectivity index (χ4n) is 3.98. The summed E-state index contributed by atoms with van der Waals surface area (Å²) in [7, 11) is 1.25. The summed E-state index contributed by atoms with van der Waals surface area (Å²) < 4.78 is 48.0. The lowest BCUT2D eigenvalue weighted by Gasteiger charge is -2.20. The first-order chi connectivity index (χ1) is 16.6. The molecule has 0 heterocycles. The van der Waals surface area contributed by atoms with Crippen molar-refractivity contribution in [1.29, 1.82) is 0 Å². The van der Waals surface area contributed by atoms with Gasteiger partial charge < -0.3 is 25.2 Å². The van der Waals surface area contributed by atoms with E-state index in [0.29, 0.717) is 0 Å². The molecule has 3 rings (SSSR count). The number of hydrogen-bond acceptors (Lipinski definition) is 5. The van der Waals surface area contributed by atoms with E-state index >= 15 is 0 Å². The number of carbonyl (C=O) groups is 3. The van der Waals surface area contributed by atoms with Gasteiger partial charge in [-0.05, 0) is 22.3 Å². The average Bonchev–Trinajstić information content (AvgIpc) is 3.12. The van der Waals surface area contributed by atoms with Gasteiger partial charge in [0.1, 0.15) is 12.6 Å². The summed E-state index contributed by atoms with van der Waals surface area (Å²) in [6.07, 6.45) is -8.58. The van der Waals surface area contributed by atoms with Crippen molar-refractivity contribution in [2.45, 2.75) is 37.1 Å². The molecule has 2 unspecified atom stereocenters. The zero-order valence-electron chi connectivity index (χ0n) is 18.8. The summed E-state index contributed by atoms with van der Waals surface area (Å²) in [5.41, 5.74) is 4.24. The van der Waals surface area contributed by atoms with Gasteiger partial charge in [-0.15, -0.1) is 0 Å². The highest BCUT2D eigenvalue weighted by Gasteiger charge is 2.36. The molecule has 188 valence electrons. The number of carbonyl (C=O) groups excluding carboxylic acids is 2. The molecule has 0 fully saturated rings. The van der Waals surface area contributed by atoms with Crippen LogP contribution in [0.4, 0.5) is 18.0 Å². The molecule has 2 amide bonds. The van der Waals surface area contributed by atoms with Crippen LogP contribution >= 0.6 is 0 Å². The molecule has 0 aromatic heterocycles. The first kappa shape index (κ1) is 26.0. The Bertz CT molecular complexity index is 1030. The summed E-state index contributed by atoms with van der Waals surface area (Å²) in [6.45, 7) is -0.0899. The molecule has 2 atom stereocenters. The Morgan fingerprint density at radius 1 is 1.03 bits per heavy atom. The normalized spacial score (nSPS) is 14.4. The number of hydrogen-bond donors (Lipinski definition) is 3. The second-order valence-corrected chi connectivity index (χ2v) is 8.05. The molecule has 0 bridgehead atoms. The van der Waals surface area contributed by atoms with Crippen molar-refractivity contribution in [3.8, 4) is 11.1 Å². The first-order valence-electron chi connectivity index (χ1n) is 10.8. The second-order valence-electron chi connectivity index (χ2n) is 8.05. The summed E-state index contributed by atoms with van der Waals surface area (Å²) in [6, 6.07) is 13.6. The van der Waals surface area contributed by atoms with Gasteiger partial charge in [0.2, 0.25) is 5.91 Å². The van der Waals surface area contributed by atoms with Crippen molar-refractivity contribution >= 4 is 18.0 Å². The van der Waals surface area contributed by atoms with Crippen LogP contribution in [0.2, 0.25) is 0 Å². The molecule has 3 N–H and O–H groups in total. The van der Waals surface area contributed by atoms with Crippen LogP contribution in [-0.2, 0) is 19.1 Å². The molecular weight excluding hydrogens is 469 g/mol. The second kappa shape index (κ2) is 11.2. The van der Waals surface area contributed by atoms with Crippen LogP contribution in [0.3, 0.4) is 0 Å². The van der Waals surface area contributed by atoms with E-state index in [1.54, 1.807) is 0 Å². The summed E-state index contributed by atoms with van der Waals surface area (Å²) in [4.78, 5) is 35.3. The van der Waals surface area contributed by atoms with E-state index in [4.69, 9.17) is 14.6 Å². The molecule has 11 heteroatoms. The van der Waals surface area contributed by atoms with Gasteiger partial charge in [0.25, 0.3) is 0 Å². The van der Waals surface area contributed by atoms with E-state index in [-0.39, 0.29) is 19.1 Å². The van der Waals surface area contributed by atoms with Gasteiger partial charge in [-0.25, -0.2) is 9.59 Å². The van der Waals surface area contributed by atoms with Gasteiger partial charge in [-0.1, -0.05) is 48.5 Å². The number of aliphatic carboxylic acids is 1. The third-order valence-corrected chi connectivity index (χ3v) is 5.63. The van der Waals surface area contributed by atoms with Crippen LogP contribution in [0.5, 0.6) is 0 Å². The molecule has 8 nitrogen and oxygen atoms in total. The van der Waals surface area contributed by atoms with Crippen LogP contribution < -0.4 is 10.6 Å². The van der Waals surface area contributed by atoms with E-state index in [2.05, 4.69) is 5.32 Å². The minimum atomic E-state index is -4.76. The van der Waals surface area contributed by atoms with Crippen molar-refractivity contribution in [1.82, 2.24) is 10.6 Å². The Kier molecular flexibility index (Phi) is 8.34. The van der Waals surface area contributed by atoms with Gasteiger partial charge in [-0.3, -0.25) is 4.79 Å². The Morgan fingerprint density at radius 2 is 1.60 bits per heavy atom. The van der Waals surface area contributed by atoms with E-state index in [1.165, 1.54) is 7.11 Å². The lowest BCUT2D eigenvalue weighted by molar-refractivity contribution is -0.160. The van der Waals surface area contributed by atoms with Gasteiger partial charge in [0.15, 0.2) is 0 Å². The molecule has 35 heavy (non-hydrogen) atoms. The summed E-state index contributed by atoms with van der Waals surface area (Å²) in [5.74, 6) is -2.90. The van der Waals surface area contributed by atoms with Crippen molar-refractivity contribution in [2.75, 3.05) is 20.3 Å². The van der Waals surface area contributed by atoms with Gasteiger partial charge in [0, 0.05) is 19.6 Å². The highest BCUT2D eigenvalue weighted by molar-refractivity contribution is 5.84. The quantitative estimate of drug-likeness (QED) is 0.466. The van der Waals surface area contributed by atoms with Crippen LogP contribution in [-0.4, -0.2) is 61.7 Å². The number of halogens is 3. The Morgan fingerprint density at radius 3 is 2.11 bits per heavy atom. The Labute approximate surface area is 199 Å². The maximum Gasteiger partial charge on any atom is 0.407 e. The number of alkyl halides is 3. The third-order valence-electron chi connectivity index (χ3n) is 5.63. The van der Waals surface area contributed by atoms with Crippen molar-refractivity contribution in [3.05, 3.63) is 59.7 Å². The zero-order chi connectivity index (χ0) is 25.6. The van der Waals surface area contributed by atoms with Crippen LogP contribution in [0.15, 0.2) is 48.5 Å². The van der Waals surface area contributed by atoms with E-state index in [0.717, 1.165) is 22.3 Å². The van der Waals surface area contributed by atoms with Gasteiger partial charge in [0.05, 0.1) is 18.9 Å². The van der Waals surface area contributed by atoms with E-state index in [1.807, 2.05) is 53.8 Å². The molecule has 0 saturated carbocycles. The first-order valence-corrected chi connectivity index (χ1v) is 10.8. The van der Waals surface area contributed by atoms with E-state index in [9.17, 15) is 27.6 Å². The number of ether oxygens (including phenoxy) is 2. The van der Waals surface area contributed by atoms with Crippen LogP contribution in [0.1, 0.15) is 29.9 Å². The zero-order valence-corrected chi connectivity index (χ0v) is 18.8. The molecule has 0 spiro atoms. The summed E-state index contributed by atoms with van der Waals surface area (Å²) in [5, 5.41) is 13.2. The number of benzene rings is 2. The molecule has 1 aliphatic carbocycles. The third kappa shape index (κ3) is 6.95. The maximum absolute atomic E-state index is 12.5. The highest BCUT2D eigenvalue weighted by Crippen LogP contribution is 2.44. The van der Waals surface area contributed by atoms with Crippen molar-refractivity contribution < 1.29 is 42.1 Å². The SMILES string of the molecule is COC(CNC(=O)OCC1c2ccccc2-c2ccccc21)CC(=O)NC(CC(F)(F)F)C(=O)O. The minimum Gasteiger partial charge on any atom is -0.480 e. The molecule has 2 aromatic rings. The highest BCUT2D eigenvalue weighted by atomic mass is 19.4. The number of methoxy groups -OCH3 is 1. The molecule has 2 aromatic carbocycles. The van der Waals surface area contributed by atoms with Crippen LogP contribution in [0.25, 0.3) is 11.1 Å². The van der Waals surface area contributed by atoms with Crippen molar-refractivity contribution in [2.24, 2.45) is 0 Å². The largest absolute Gasteiger partial charge is 0.480 e. The monoisotopic (exact) mass is 494 g/mol. The molecule has 0 aliphatic heterocycles. The topological polar surface area (TPSA) is 114 Å². The lowest BCUT2D eigenvalue weighted by Crippen LogP contribution is -2.45. The predicted molar refractivity (Wildman–Crippen MR) is 119 cm³/mol. The maximum atomic E-state index is 12.5. The number of amides is 2. The number of carboxylic acid groups (broad SMARTS) is 1. The standard InChI is InChI=1S/C24H25F3N2O6/c1-34-14(10-21(30)29-20(22(31)32)11-24(25,26)27)12-28-23(33)35-13-19-17-8-4-2-6-15(17)16-7-3-5-9-18(16)19/h2-9,14,19-20H,10-13H2,1H3,(H,28,33)(H,29,30)(H,31,32). The Hall–Kier alpha value is -3.60. The number of rotatable bonds is 10. The van der Waals surface area contributed by atoms with Crippen molar-refractivity contribution in [3.63, 3.8) is 0 Å². The Balaban J connectivity index is 1.50. The summed E-state index contributed by atoms with van der Waals surface area (Å²) >= 11 is 0. The molecule has 0 saturated heterocycles. The van der Waals surface area contributed by atoms with Crippen LogP contribution in [0, 0.1) is 0 Å². The number of alkyl carbamates (subject to hydrolysis) is 1. The average molecular weight is 494 g/mol. The van der Waals surface area contributed by atoms with E-state index < -0.39 is 49.1 Å². The number of fused-ring (bicyclic) bond motifs is 3. The number of nitrogens with one attached hydrogen (secondary N) is 2. The fraction of sp³-hybridized carbons (Fsp3) is 0.375. The molecular formula is C24H25F3N2O6. The fourth-order valence-corrected chi connectivity index (χ4v) is 3.98. The number of carboxylic acids is 1. The molecule has 1 aliphatic rings.